The molecule has 0 saturated carbocycles. The van der Waals surface area contributed by atoms with Crippen molar-refractivity contribution in [1.29, 1.82) is 5.26 Å². The zero-order chi connectivity index (χ0) is 21.4. The topological polar surface area (TPSA) is 83.3 Å². The molecular formula is C24H17N3O3S. The first-order valence-corrected chi connectivity index (χ1v) is 11.2. The molecule has 3 aromatic carbocycles. The molecule has 0 unspecified atom stereocenters. The van der Waals surface area contributed by atoms with Gasteiger partial charge in [-0.2, -0.15) is 5.26 Å². The van der Waals surface area contributed by atoms with Crippen LogP contribution >= 0.6 is 0 Å². The summed E-state index contributed by atoms with van der Waals surface area (Å²) in [5.41, 5.74) is 2.43. The Kier molecular flexibility index (Phi) is 4.57. The van der Waals surface area contributed by atoms with Crippen molar-refractivity contribution >= 4 is 26.5 Å². The van der Waals surface area contributed by atoms with Crippen LogP contribution in [-0.4, -0.2) is 26.6 Å². The van der Waals surface area contributed by atoms with Crippen LogP contribution in [0.4, 0.5) is 5.69 Å². The third kappa shape index (κ3) is 3.18. The van der Waals surface area contributed by atoms with Crippen molar-refractivity contribution in [3.63, 3.8) is 0 Å². The molecule has 0 atom stereocenters. The smallest absolute Gasteiger partial charge is 0.265 e. The van der Waals surface area contributed by atoms with Gasteiger partial charge in [0.1, 0.15) is 12.3 Å². The molecule has 0 fully saturated rings. The van der Waals surface area contributed by atoms with E-state index in [1.165, 1.54) is 10.5 Å². The Hall–Kier alpha value is -3.89. The average Bonchev–Trinajstić information content (AvgIpc) is 2.83. The maximum Gasteiger partial charge on any atom is 0.265 e. The van der Waals surface area contributed by atoms with Gasteiger partial charge in [-0.05, 0) is 29.1 Å². The van der Waals surface area contributed by atoms with Gasteiger partial charge in [-0.15, -0.1) is 0 Å². The minimum Gasteiger partial charge on any atom is -0.489 e. The van der Waals surface area contributed by atoms with E-state index in [0.717, 1.165) is 10.9 Å². The van der Waals surface area contributed by atoms with Gasteiger partial charge in [0.25, 0.3) is 10.0 Å². The number of sulfonamides is 1. The molecule has 7 heteroatoms. The highest BCUT2D eigenvalue weighted by Gasteiger charge is 2.33. The second kappa shape index (κ2) is 7.42. The van der Waals surface area contributed by atoms with Crippen molar-refractivity contribution in [3.8, 4) is 22.9 Å². The summed E-state index contributed by atoms with van der Waals surface area (Å²) in [6.45, 7) is 0.418. The molecule has 152 valence electrons. The molecule has 0 bridgehead atoms. The summed E-state index contributed by atoms with van der Waals surface area (Å²) in [6, 6.07) is 21.8. The number of nitriles is 1. The van der Waals surface area contributed by atoms with Gasteiger partial charge in [-0.25, -0.2) is 8.42 Å². The molecule has 0 spiro atoms. The van der Waals surface area contributed by atoms with E-state index in [2.05, 4.69) is 11.1 Å². The molecule has 1 aliphatic rings. The SMILES string of the molecule is N#Cc1ccc(-c2cncc3c2OCCN3S(=O)(=O)c2cccc3ccccc23)cc1. The standard InChI is InChI=1S/C24H17N3O3S/c25-14-17-8-10-19(11-9-17)21-15-26-16-22-24(21)30-13-12-27(22)31(28,29)23-7-3-5-18-4-1-2-6-20(18)23/h1-11,15-16H,12-13H2. The number of hydrogen-bond acceptors (Lipinski definition) is 5. The maximum absolute atomic E-state index is 13.7. The second-order valence-electron chi connectivity index (χ2n) is 7.13. The van der Waals surface area contributed by atoms with Gasteiger partial charge in [0.05, 0.1) is 29.3 Å². The van der Waals surface area contributed by atoms with E-state index in [1.54, 1.807) is 42.6 Å². The van der Waals surface area contributed by atoms with Crippen LogP contribution in [0.3, 0.4) is 0 Å². The van der Waals surface area contributed by atoms with E-state index in [0.29, 0.717) is 28.0 Å². The monoisotopic (exact) mass is 427 g/mol. The fraction of sp³-hybridized carbons (Fsp3) is 0.0833. The Balaban J connectivity index is 1.64. The van der Waals surface area contributed by atoms with Gasteiger partial charge in [0.15, 0.2) is 5.75 Å². The number of hydrogen-bond donors (Lipinski definition) is 0. The van der Waals surface area contributed by atoms with Crippen LogP contribution in [-0.2, 0) is 10.0 Å². The van der Waals surface area contributed by atoms with Gasteiger partial charge in [0, 0.05) is 17.1 Å². The first kappa shape index (κ1) is 19.1. The molecule has 1 aliphatic heterocycles. The van der Waals surface area contributed by atoms with Gasteiger partial charge < -0.3 is 4.74 Å². The average molecular weight is 427 g/mol. The number of nitrogens with zero attached hydrogens (tertiary/aromatic N) is 3. The molecule has 4 aromatic rings. The third-order valence-corrected chi connectivity index (χ3v) is 7.20. The van der Waals surface area contributed by atoms with Crippen molar-refractivity contribution < 1.29 is 13.2 Å². The van der Waals surface area contributed by atoms with Crippen LogP contribution in [0.2, 0.25) is 0 Å². The molecule has 1 aromatic heterocycles. The second-order valence-corrected chi connectivity index (χ2v) is 8.96. The Morgan fingerprint density at radius 2 is 1.74 bits per heavy atom. The number of benzene rings is 3. The Bertz CT molecular complexity index is 1440. The van der Waals surface area contributed by atoms with E-state index in [4.69, 9.17) is 10.00 Å². The predicted octanol–water partition coefficient (Wildman–Crippen LogP) is 4.36. The van der Waals surface area contributed by atoms with E-state index in [1.807, 2.05) is 30.3 Å². The highest BCUT2D eigenvalue weighted by atomic mass is 32.2. The molecule has 6 nitrogen and oxygen atoms in total. The van der Waals surface area contributed by atoms with Crippen molar-refractivity contribution in [1.82, 2.24) is 4.98 Å². The molecule has 0 radical (unpaired) electrons. The quantitative estimate of drug-likeness (QED) is 0.485. The summed E-state index contributed by atoms with van der Waals surface area (Å²) in [6.07, 6.45) is 3.17. The minimum atomic E-state index is -3.84. The fourth-order valence-corrected chi connectivity index (χ4v) is 5.49. The van der Waals surface area contributed by atoms with Crippen LogP contribution < -0.4 is 9.04 Å². The Morgan fingerprint density at radius 3 is 2.55 bits per heavy atom. The Labute approximate surface area is 180 Å². The normalized spacial score (nSPS) is 13.3. The molecule has 0 amide bonds. The zero-order valence-electron chi connectivity index (χ0n) is 16.4. The lowest BCUT2D eigenvalue weighted by Crippen LogP contribution is -2.38. The van der Waals surface area contributed by atoms with Gasteiger partial charge >= 0.3 is 0 Å². The summed E-state index contributed by atoms with van der Waals surface area (Å²) in [7, 11) is -3.84. The van der Waals surface area contributed by atoms with Gasteiger partial charge in [-0.3, -0.25) is 9.29 Å². The minimum absolute atomic E-state index is 0.192. The lowest BCUT2D eigenvalue weighted by molar-refractivity contribution is 0.316. The predicted molar refractivity (Wildman–Crippen MR) is 118 cm³/mol. The number of pyridine rings is 1. The number of rotatable bonds is 3. The van der Waals surface area contributed by atoms with Crippen molar-refractivity contribution in [2.75, 3.05) is 17.5 Å². The van der Waals surface area contributed by atoms with E-state index < -0.39 is 10.0 Å². The molecule has 0 N–H and O–H groups in total. The molecule has 5 rings (SSSR count). The van der Waals surface area contributed by atoms with Crippen LogP contribution in [0.5, 0.6) is 5.75 Å². The third-order valence-electron chi connectivity index (χ3n) is 5.33. The molecule has 0 saturated heterocycles. The lowest BCUT2D eigenvalue weighted by atomic mass is 10.0. The van der Waals surface area contributed by atoms with Crippen molar-refractivity contribution in [2.24, 2.45) is 0 Å². The first-order valence-electron chi connectivity index (χ1n) is 9.71. The van der Waals surface area contributed by atoms with E-state index in [9.17, 15) is 8.42 Å². The Morgan fingerprint density at radius 1 is 0.968 bits per heavy atom. The number of aromatic nitrogens is 1. The lowest BCUT2D eigenvalue weighted by Gasteiger charge is -2.31. The van der Waals surface area contributed by atoms with Crippen LogP contribution in [0, 0.1) is 11.3 Å². The summed E-state index contributed by atoms with van der Waals surface area (Å²) >= 11 is 0. The summed E-state index contributed by atoms with van der Waals surface area (Å²) in [5.74, 6) is 0.467. The van der Waals surface area contributed by atoms with Gasteiger partial charge in [-0.1, -0.05) is 48.5 Å². The molecule has 31 heavy (non-hydrogen) atoms. The highest BCUT2D eigenvalue weighted by molar-refractivity contribution is 7.93. The van der Waals surface area contributed by atoms with Crippen LogP contribution in [0.25, 0.3) is 21.9 Å². The number of fused-ring (bicyclic) bond motifs is 2. The van der Waals surface area contributed by atoms with Crippen LogP contribution in [0.15, 0.2) is 84.0 Å². The molecule has 2 heterocycles. The van der Waals surface area contributed by atoms with Crippen molar-refractivity contribution in [2.45, 2.75) is 4.90 Å². The van der Waals surface area contributed by atoms with Crippen molar-refractivity contribution in [3.05, 3.63) is 84.7 Å². The summed E-state index contributed by atoms with van der Waals surface area (Å²) in [4.78, 5) is 4.54. The molecular weight excluding hydrogens is 410 g/mol. The largest absolute Gasteiger partial charge is 0.489 e. The van der Waals surface area contributed by atoms with E-state index in [-0.39, 0.29) is 18.0 Å². The maximum atomic E-state index is 13.7. The fourth-order valence-electron chi connectivity index (χ4n) is 3.84. The molecule has 0 aliphatic carbocycles. The number of anilines is 1. The highest BCUT2D eigenvalue weighted by Crippen LogP contribution is 2.42. The van der Waals surface area contributed by atoms with Gasteiger partial charge in [0.2, 0.25) is 0 Å². The zero-order valence-corrected chi connectivity index (χ0v) is 17.2. The van der Waals surface area contributed by atoms with Crippen LogP contribution in [0.1, 0.15) is 5.56 Å². The first-order chi connectivity index (χ1) is 15.1. The number of ether oxygens (including phenoxy) is 1. The van der Waals surface area contributed by atoms with E-state index >= 15 is 0 Å². The summed E-state index contributed by atoms with van der Waals surface area (Å²) in [5, 5.41) is 10.6. The summed E-state index contributed by atoms with van der Waals surface area (Å²) < 4.78 is 34.7.